The lowest BCUT2D eigenvalue weighted by Crippen LogP contribution is -2.13. The van der Waals surface area contributed by atoms with E-state index in [1.54, 1.807) is 19.1 Å². The fourth-order valence-electron chi connectivity index (χ4n) is 1.78. The zero-order valence-corrected chi connectivity index (χ0v) is 13.6. The van der Waals surface area contributed by atoms with Gasteiger partial charge < -0.3 is 4.74 Å². The molecule has 5 heteroatoms. The van der Waals surface area contributed by atoms with Crippen molar-refractivity contribution < 1.29 is 18.5 Å². The quantitative estimate of drug-likeness (QED) is 0.693. The highest BCUT2D eigenvalue weighted by Crippen LogP contribution is 2.16. The second kappa shape index (κ2) is 8.72. The minimum absolute atomic E-state index is 0.0517. The molecule has 0 saturated heterocycles. The Kier molecular flexibility index (Phi) is 7.29. The van der Waals surface area contributed by atoms with Crippen LogP contribution in [0.3, 0.4) is 0 Å². The van der Waals surface area contributed by atoms with Crippen LogP contribution >= 0.6 is 0 Å². The third kappa shape index (κ3) is 6.21. The first kappa shape index (κ1) is 17.6. The van der Waals surface area contributed by atoms with Crippen LogP contribution in [0.2, 0.25) is 0 Å². The van der Waals surface area contributed by atoms with Crippen molar-refractivity contribution in [3.8, 4) is 0 Å². The highest BCUT2D eigenvalue weighted by Gasteiger charge is 2.13. The zero-order chi connectivity index (χ0) is 15.8. The Morgan fingerprint density at radius 2 is 1.76 bits per heavy atom. The molecule has 116 valence electrons. The van der Waals surface area contributed by atoms with E-state index in [1.807, 2.05) is 12.1 Å². The van der Waals surface area contributed by atoms with Gasteiger partial charge in [-0.05, 0) is 30.5 Å². The molecule has 0 aliphatic heterocycles. The number of hydrogen-bond acceptors (Lipinski definition) is 4. The van der Waals surface area contributed by atoms with E-state index in [0.717, 1.165) is 0 Å². The third-order valence-electron chi connectivity index (χ3n) is 3.02. The van der Waals surface area contributed by atoms with E-state index in [2.05, 4.69) is 13.8 Å². The van der Waals surface area contributed by atoms with Gasteiger partial charge >= 0.3 is 5.97 Å². The minimum atomic E-state index is -1.36. The maximum atomic E-state index is 12.1. The Hall–Kier alpha value is -1.49. The third-order valence-corrected chi connectivity index (χ3v) is 4.40. The van der Waals surface area contributed by atoms with Gasteiger partial charge in [0.1, 0.15) is 5.78 Å². The predicted octanol–water partition coefficient (Wildman–Crippen LogP) is 2.83. The summed E-state index contributed by atoms with van der Waals surface area (Å²) in [5, 5.41) is 0. The Morgan fingerprint density at radius 3 is 2.29 bits per heavy atom. The number of carbonyl (C=O) groups is 2. The zero-order valence-electron chi connectivity index (χ0n) is 12.8. The summed E-state index contributed by atoms with van der Waals surface area (Å²) < 4.78 is 16.8. The smallest absolute Gasteiger partial charge is 0.306 e. The monoisotopic (exact) mass is 310 g/mol. The molecule has 1 aromatic rings. The minimum Gasteiger partial charge on any atom is -0.466 e. The van der Waals surface area contributed by atoms with Gasteiger partial charge in [0.25, 0.3) is 0 Å². The van der Waals surface area contributed by atoms with Crippen LogP contribution in [0.25, 0.3) is 0 Å². The summed E-state index contributed by atoms with van der Waals surface area (Å²) in [6.07, 6.45) is 0.130. The van der Waals surface area contributed by atoms with E-state index >= 15 is 0 Å². The molecule has 0 aliphatic rings. The summed E-state index contributed by atoms with van der Waals surface area (Å²) >= 11 is 0. The van der Waals surface area contributed by atoms with Crippen LogP contribution in [0.4, 0.5) is 0 Å². The molecule has 0 radical (unpaired) electrons. The lowest BCUT2D eigenvalue weighted by Gasteiger charge is -2.07. The average molecular weight is 310 g/mol. The van der Waals surface area contributed by atoms with Crippen molar-refractivity contribution in [2.75, 3.05) is 12.4 Å². The molecule has 0 fully saturated rings. The SMILES string of the molecule is CCOC(=O)CCC(=O)CS(=O)c1ccc(C(C)C)cc1. The van der Waals surface area contributed by atoms with Crippen molar-refractivity contribution in [2.45, 2.75) is 44.4 Å². The van der Waals surface area contributed by atoms with Gasteiger partial charge in [0.2, 0.25) is 0 Å². The topological polar surface area (TPSA) is 60.4 Å². The van der Waals surface area contributed by atoms with Crippen molar-refractivity contribution in [3.63, 3.8) is 0 Å². The van der Waals surface area contributed by atoms with Crippen LogP contribution in [-0.4, -0.2) is 28.3 Å². The normalized spacial score (nSPS) is 12.2. The Balaban J connectivity index is 2.48. The molecule has 1 unspecified atom stereocenters. The molecule has 0 aliphatic carbocycles. The Morgan fingerprint density at radius 1 is 1.14 bits per heavy atom. The fourth-order valence-corrected chi connectivity index (χ4v) is 2.82. The summed E-state index contributed by atoms with van der Waals surface area (Å²) in [5.41, 5.74) is 1.17. The molecule has 0 aromatic heterocycles. The largest absolute Gasteiger partial charge is 0.466 e. The van der Waals surface area contributed by atoms with Crippen molar-refractivity contribution in [2.24, 2.45) is 0 Å². The number of Topliss-reactive ketones (excluding diaryl/α,β-unsaturated/α-hetero) is 1. The molecule has 1 rings (SSSR count). The highest BCUT2D eigenvalue weighted by atomic mass is 32.2. The van der Waals surface area contributed by atoms with E-state index in [1.165, 1.54) is 5.56 Å². The lowest BCUT2D eigenvalue weighted by molar-refractivity contribution is -0.144. The van der Waals surface area contributed by atoms with Gasteiger partial charge in [-0.3, -0.25) is 13.8 Å². The summed E-state index contributed by atoms with van der Waals surface area (Å²) in [7, 11) is -1.36. The first-order valence-electron chi connectivity index (χ1n) is 7.09. The molecule has 0 saturated carbocycles. The maximum Gasteiger partial charge on any atom is 0.306 e. The molecule has 0 spiro atoms. The fraction of sp³-hybridized carbons (Fsp3) is 0.500. The van der Waals surface area contributed by atoms with E-state index in [9.17, 15) is 13.8 Å². The Labute approximate surface area is 128 Å². The van der Waals surface area contributed by atoms with E-state index in [4.69, 9.17) is 4.74 Å². The van der Waals surface area contributed by atoms with Gasteiger partial charge in [-0.25, -0.2) is 0 Å². The second-order valence-electron chi connectivity index (χ2n) is 5.06. The molecule has 1 atom stereocenters. The van der Waals surface area contributed by atoms with Crippen LogP contribution in [-0.2, 0) is 25.1 Å². The van der Waals surface area contributed by atoms with Gasteiger partial charge in [0, 0.05) is 11.3 Å². The van der Waals surface area contributed by atoms with Crippen molar-refractivity contribution in [1.82, 2.24) is 0 Å². The van der Waals surface area contributed by atoms with Crippen molar-refractivity contribution >= 4 is 22.6 Å². The molecule has 0 N–H and O–H groups in total. The molecule has 21 heavy (non-hydrogen) atoms. The van der Waals surface area contributed by atoms with Crippen LogP contribution < -0.4 is 0 Å². The van der Waals surface area contributed by atoms with Gasteiger partial charge in [0.15, 0.2) is 0 Å². The molecule has 0 bridgehead atoms. The number of ether oxygens (including phenoxy) is 1. The number of hydrogen-bond donors (Lipinski definition) is 0. The van der Waals surface area contributed by atoms with E-state index in [-0.39, 0.29) is 24.4 Å². The summed E-state index contributed by atoms with van der Waals surface area (Å²) in [6.45, 7) is 6.20. The predicted molar refractivity (Wildman–Crippen MR) is 82.7 cm³/mol. The highest BCUT2D eigenvalue weighted by molar-refractivity contribution is 7.85. The lowest BCUT2D eigenvalue weighted by atomic mass is 10.0. The summed E-state index contributed by atoms with van der Waals surface area (Å²) in [4.78, 5) is 23.5. The molecule has 4 nitrogen and oxygen atoms in total. The molecule has 0 heterocycles. The molecular weight excluding hydrogens is 288 g/mol. The number of ketones is 1. The van der Waals surface area contributed by atoms with Crippen LogP contribution in [0, 0.1) is 0 Å². The first-order valence-corrected chi connectivity index (χ1v) is 8.41. The maximum absolute atomic E-state index is 12.1. The van der Waals surface area contributed by atoms with Gasteiger partial charge in [-0.15, -0.1) is 0 Å². The van der Waals surface area contributed by atoms with Crippen LogP contribution in [0.15, 0.2) is 29.2 Å². The average Bonchev–Trinajstić information content (AvgIpc) is 2.45. The Bertz CT molecular complexity index is 506. The van der Waals surface area contributed by atoms with E-state index < -0.39 is 16.8 Å². The molecule has 0 amide bonds. The number of benzene rings is 1. The van der Waals surface area contributed by atoms with Crippen LogP contribution in [0.5, 0.6) is 0 Å². The molecular formula is C16H22O4S. The first-order chi connectivity index (χ1) is 9.93. The summed E-state index contributed by atoms with van der Waals surface area (Å²) in [6, 6.07) is 7.45. The number of carbonyl (C=O) groups excluding carboxylic acids is 2. The van der Waals surface area contributed by atoms with Crippen LogP contribution in [0.1, 0.15) is 45.1 Å². The molecule has 1 aromatic carbocycles. The van der Waals surface area contributed by atoms with Gasteiger partial charge in [0.05, 0.1) is 29.6 Å². The second-order valence-corrected chi connectivity index (χ2v) is 6.51. The van der Waals surface area contributed by atoms with Crippen molar-refractivity contribution in [3.05, 3.63) is 29.8 Å². The van der Waals surface area contributed by atoms with E-state index in [0.29, 0.717) is 17.4 Å². The standard InChI is InChI=1S/C16H22O4S/c1-4-20-16(18)10-7-14(17)11-21(19)15-8-5-13(6-9-15)12(2)3/h5-6,8-9,12H,4,7,10-11H2,1-3H3. The summed E-state index contributed by atoms with van der Waals surface area (Å²) in [5.74, 6) is -0.216. The number of esters is 1. The van der Waals surface area contributed by atoms with Gasteiger partial charge in [-0.1, -0.05) is 26.0 Å². The number of rotatable bonds is 8. The van der Waals surface area contributed by atoms with Gasteiger partial charge in [-0.2, -0.15) is 0 Å². The van der Waals surface area contributed by atoms with Crippen molar-refractivity contribution in [1.29, 1.82) is 0 Å².